The fourth-order valence-corrected chi connectivity index (χ4v) is 20.7. The van der Waals surface area contributed by atoms with Crippen molar-refractivity contribution in [3.8, 4) is 80.1 Å². The van der Waals surface area contributed by atoms with Crippen molar-refractivity contribution in [2.75, 3.05) is 42.1 Å². The normalized spacial score (nSPS) is 27.5. The molecule has 18 rings (SSSR count). The van der Waals surface area contributed by atoms with Crippen molar-refractivity contribution in [1.82, 2.24) is 47.4 Å². The van der Waals surface area contributed by atoms with Crippen LogP contribution in [-0.4, -0.2) is 247 Å². The van der Waals surface area contributed by atoms with E-state index in [1.807, 2.05) is 0 Å². The van der Waals surface area contributed by atoms with Crippen molar-refractivity contribution in [3.63, 3.8) is 0 Å². The number of nitro benzene ring substituents is 2. The van der Waals surface area contributed by atoms with Crippen LogP contribution in [0.25, 0.3) is 11.1 Å². The number of phenolic OH excluding ortho intramolecular Hbond substituents is 3. The number of rotatable bonds is 25. The highest BCUT2D eigenvalue weighted by Crippen LogP contribution is 2.56. The second kappa shape index (κ2) is 43.4. The van der Waals surface area contributed by atoms with Gasteiger partial charge in [-0.3, -0.25) is 63.5 Å². The number of methoxy groups -OCH3 is 4. The number of carbonyl (C=O) groups excluding carboxylic acids is 10. The number of nitrogens with two attached hydrogens (primary N) is 1. The molecule has 11 aliphatic rings. The van der Waals surface area contributed by atoms with E-state index < -0.39 is 307 Å². The Bertz CT molecular complexity index is 6210. The van der Waals surface area contributed by atoms with Crippen LogP contribution in [0.1, 0.15) is 148 Å². The summed E-state index contributed by atoms with van der Waals surface area (Å²) in [7, 11) is 6.10. The van der Waals surface area contributed by atoms with Crippen molar-refractivity contribution in [1.29, 1.82) is 0 Å². The monoisotopic (exact) mass is 2060 g/mol. The number of carbonyl (C=O) groups is 10. The van der Waals surface area contributed by atoms with Gasteiger partial charge in [-0.05, 0) is 177 Å². The predicted molar refractivity (Wildman–Crippen MR) is 501 cm³/mol. The first-order chi connectivity index (χ1) is 68.9. The molecule has 7 heterocycles. The van der Waals surface area contributed by atoms with Crippen LogP contribution in [0.5, 0.6) is 69.0 Å². The van der Waals surface area contributed by atoms with Gasteiger partial charge in [0.25, 0.3) is 11.4 Å². The van der Waals surface area contributed by atoms with E-state index in [-0.39, 0.29) is 74.6 Å². The summed E-state index contributed by atoms with van der Waals surface area (Å²) in [6.45, 7) is 3.30. The zero-order chi connectivity index (χ0) is 105. The topological polar surface area (TPSA) is 675 Å². The molecule has 0 spiro atoms. The number of halogens is 2. The lowest BCUT2D eigenvalue weighted by Gasteiger charge is -2.54. The highest BCUT2D eigenvalue weighted by molar-refractivity contribution is 6.32. The molecule has 2 saturated heterocycles. The maximum Gasteiger partial charge on any atom is 0.410 e. The molecule has 7 aromatic rings. The minimum atomic E-state index is -2.51. The van der Waals surface area contributed by atoms with E-state index in [1.165, 1.54) is 54.4 Å². The summed E-state index contributed by atoms with van der Waals surface area (Å²) in [5.74, 6) is -16.0. The number of phenols is 3. The van der Waals surface area contributed by atoms with Gasteiger partial charge in [0.05, 0.1) is 96.3 Å². The Balaban J connectivity index is 0.868. The van der Waals surface area contributed by atoms with Gasteiger partial charge in [-0.25, -0.2) is 9.59 Å². The Morgan fingerprint density at radius 3 is 1.73 bits per heavy atom. The summed E-state index contributed by atoms with van der Waals surface area (Å²) in [6.07, 6.45) is -20.4. The molecule has 4 saturated carbocycles. The SMILES string of the molecule is COc1cc(COC(=O)NC2(C)CC(OC3C(Oc4c5cc6cc4Oc4ccc(cc4Cl)C(O)C(NC(=O)C(CC(C)C)N(C)C(=O)OCc4cc(OC)c(OC)cc4[N+](=O)[O-])C(=O)NC(CC(N)=O)C(=O)NC6C(=O)NC4C(=O)NC(C(=O)NC(C(=O)NC6C7CC8CC(C7)CC6C8)c6cc(O)cc(O)c6-c6cc4ccc6O)C(O)c4ccc(c(Cl)c4)O5)OC(CO)C(O)C3O)OC(C)C2O)c([N+](=O)[O-])cc1OC. The standard InChI is InChI=1S/C96H108Cl2N12O35/c1-38(2)16-58(108(5)95(129)139-37-49-28-64(135-7)66(137-9)33-57(49)110(132)133)87(122)105-77-79(116)43-11-14-61(53(97)23-43)141-67-25-47-26-68(83(67)145-93-84(82(119)81(118)69(35-111)143-93)144-71-34-96(4,85(120)39(3)140-71)107-94(128)138-36-48-27-63(134-6)65(136-8)32-56(48)109(130)131)142-62-15-12-44(24-54(62)98)80(117)78-92(127)104-76(90(125)101-73-45-18-40-17-41(20-45)21-46(73)19-40)52-29-50(112)30-60(114)72(52)51-22-42(10-13-59(51)113)74(88(123)106-78)103-89(124)75(47)102-86(121)55(31-70(99)115)100-91(77)126/h10-15,22-30,32-33,38-41,45-46,55,58,69,71,73-82,84-85,93,111-114,116-120H,16-21,31,34-37H2,1-9H3,(H2,99,115)(H,100,126)(H,101,125)(H,102,121)(H,103,124)(H,104,127)(H,105,122)(H,106,123)(H,107,128). The fraction of sp³-hybridized carbons (Fsp3) is 0.458. The van der Waals surface area contributed by atoms with E-state index in [9.17, 15) is 80.6 Å². The first kappa shape index (κ1) is 105. The molecule has 49 heteroatoms. The Morgan fingerprint density at radius 1 is 0.621 bits per heavy atom. The van der Waals surface area contributed by atoms with Crippen LogP contribution in [0.2, 0.25) is 10.0 Å². The first-order valence-electron chi connectivity index (χ1n) is 46.1. The van der Waals surface area contributed by atoms with E-state index in [2.05, 4.69) is 42.5 Å². The maximum atomic E-state index is 16.7. The summed E-state index contributed by atoms with van der Waals surface area (Å²) >= 11 is 14.6. The number of benzene rings is 7. The molecule has 47 nitrogen and oxygen atoms in total. The molecule has 10 amide bonds. The lowest BCUT2D eigenvalue weighted by atomic mass is 9.54. The highest BCUT2D eigenvalue weighted by Gasteiger charge is 2.55. The van der Waals surface area contributed by atoms with Crippen LogP contribution in [-0.2, 0) is 75.3 Å². The molecule has 6 fully saturated rings. The predicted octanol–water partition coefficient (Wildman–Crippen LogP) is 5.83. The summed E-state index contributed by atoms with van der Waals surface area (Å²) in [5.41, 5.74) is -0.238. The number of amides is 10. The van der Waals surface area contributed by atoms with E-state index in [0.717, 1.165) is 135 Å². The number of nitrogens with one attached hydrogen (secondary N) is 8. The zero-order valence-corrected chi connectivity index (χ0v) is 80.7. The molecule has 19 N–H and O–H groups in total. The largest absolute Gasteiger partial charge is 0.508 e. The van der Waals surface area contributed by atoms with Gasteiger partial charge in [0.2, 0.25) is 59.3 Å². The quantitative estimate of drug-likeness (QED) is 0.0236. The van der Waals surface area contributed by atoms with Gasteiger partial charge < -0.3 is 151 Å². The summed E-state index contributed by atoms with van der Waals surface area (Å²) in [6, 6.07) is 2.04. The molecule has 7 aromatic carbocycles. The Hall–Kier alpha value is -14.1. The van der Waals surface area contributed by atoms with Crippen LogP contribution in [0.3, 0.4) is 0 Å². The van der Waals surface area contributed by atoms with Gasteiger partial charge >= 0.3 is 12.2 Å². The lowest BCUT2D eigenvalue weighted by molar-refractivity contribution is -0.386. The van der Waals surface area contributed by atoms with Gasteiger partial charge in [0, 0.05) is 36.7 Å². The van der Waals surface area contributed by atoms with E-state index in [0.29, 0.717) is 11.8 Å². The van der Waals surface area contributed by atoms with Gasteiger partial charge in [-0.15, -0.1) is 0 Å². The molecular formula is C96H108Cl2N12O35. The minimum Gasteiger partial charge on any atom is -0.508 e. The highest BCUT2D eigenvalue weighted by atomic mass is 35.5. The van der Waals surface area contributed by atoms with Gasteiger partial charge in [0.15, 0.2) is 46.9 Å². The second-order valence-electron chi connectivity index (χ2n) is 37.5. The number of hydrogen-bond acceptors (Lipinski definition) is 35. The van der Waals surface area contributed by atoms with Crippen molar-refractivity contribution in [3.05, 3.63) is 172 Å². The van der Waals surface area contributed by atoms with Crippen LogP contribution in [0.4, 0.5) is 21.0 Å². The molecule has 0 aromatic heterocycles. The Labute approximate surface area is 835 Å². The molecule has 4 aliphatic carbocycles. The Kier molecular flexibility index (Phi) is 31.5. The molecule has 0 radical (unpaired) electrons. The molecular weight excluding hydrogens is 1950 g/mol. The van der Waals surface area contributed by atoms with E-state index in [4.69, 9.17) is 85.8 Å². The molecule has 18 unspecified atom stereocenters. The number of fused-ring (bicyclic) bond motifs is 15. The van der Waals surface area contributed by atoms with Crippen LogP contribution in [0.15, 0.2) is 103 Å². The number of ether oxygens (including phenoxy) is 12. The number of nitrogens with zero attached hydrogens (tertiary/aromatic N) is 3. The number of aliphatic hydroxyl groups excluding tert-OH is 6. The van der Waals surface area contributed by atoms with Crippen molar-refractivity contribution in [2.24, 2.45) is 35.3 Å². The molecule has 7 aliphatic heterocycles. The van der Waals surface area contributed by atoms with Gasteiger partial charge in [-0.2, -0.15) is 0 Å². The fourth-order valence-electron chi connectivity index (χ4n) is 20.2. The number of primary amides is 1. The third-order valence-electron chi connectivity index (χ3n) is 27.3. The average Bonchev–Trinajstić information content (AvgIpc) is 0.756. The van der Waals surface area contributed by atoms with Gasteiger partial charge in [0.1, 0.15) is 121 Å². The molecule has 15 bridgehead atoms. The van der Waals surface area contributed by atoms with Crippen molar-refractivity contribution in [2.45, 2.75) is 208 Å². The van der Waals surface area contributed by atoms with Crippen LogP contribution in [0, 0.1) is 49.8 Å². The van der Waals surface area contributed by atoms with Crippen LogP contribution >= 0.6 is 23.2 Å². The number of hydrogen-bond donors (Lipinski definition) is 18. The summed E-state index contributed by atoms with van der Waals surface area (Å²) in [5, 5.41) is 153. The zero-order valence-electron chi connectivity index (χ0n) is 79.2. The maximum absolute atomic E-state index is 16.7. The minimum absolute atomic E-state index is 0.00846. The van der Waals surface area contributed by atoms with Crippen LogP contribution < -0.4 is 81.4 Å². The van der Waals surface area contributed by atoms with E-state index >= 15 is 33.6 Å². The molecule has 18 atom stereocenters. The number of aliphatic hydroxyl groups is 6. The number of aromatic hydroxyl groups is 3. The van der Waals surface area contributed by atoms with E-state index in [1.54, 1.807) is 13.8 Å². The average molecular weight is 2060 g/mol. The van der Waals surface area contributed by atoms with Gasteiger partial charge in [-0.1, -0.05) is 55.2 Å². The summed E-state index contributed by atoms with van der Waals surface area (Å²) in [4.78, 5) is 177. The second-order valence-corrected chi connectivity index (χ2v) is 38.3. The first-order valence-corrected chi connectivity index (χ1v) is 46.8. The summed E-state index contributed by atoms with van der Waals surface area (Å²) < 4.78 is 71.6. The number of likely N-dealkylation sites (N-methyl/N-ethyl adjacent to an activating group) is 1. The number of alkyl carbamates (subject to hydrolysis) is 1. The van der Waals surface area contributed by atoms with Crippen molar-refractivity contribution >= 4 is 94.0 Å². The molecule has 776 valence electrons. The lowest BCUT2D eigenvalue weighted by Crippen LogP contribution is -2.66. The number of nitro groups is 2. The van der Waals surface area contributed by atoms with Crippen molar-refractivity contribution < 1.29 is 161 Å². The molecule has 145 heavy (non-hydrogen) atoms. The third-order valence-corrected chi connectivity index (χ3v) is 27.9. The Morgan fingerprint density at radius 2 is 1.17 bits per heavy atom. The smallest absolute Gasteiger partial charge is 0.410 e. The third kappa shape index (κ3) is 22.3.